The Morgan fingerprint density at radius 1 is 1.48 bits per heavy atom. The van der Waals surface area contributed by atoms with Gasteiger partial charge in [0.15, 0.2) is 0 Å². The third-order valence-corrected chi connectivity index (χ3v) is 5.23. The normalized spacial score (nSPS) is 13.0. The Hall–Kier alpha value is -1.30. The van der Waals surface area contributed by atoms with Crippen molar-refractivity contribution in [2.45, 2.75) is 12.8 Å². The summed E-state index contributed by atoms with van der Waals surface area (Å²) in [5.41, 5.74) is 0. The number of thiophene rings is 2. The van der Waals surface area contributed by atoms with Crippen LogP contribution < -0.4 is 5.32 Å². The van der Waals surface area contributed by atoms with Gasteiger partial charge in [0.2, 0.25) is 0 Å². The topological polar surface area (TPSA) is 38.3 Å². The Balaban J connectivity index is 2.08. The highest BCUT2D eigenvalue weighted by molar-refractivity contribution is 7.18. The first kappa shape index (κ1) is 16.1. The SMILES string of the molecule is C/C=C(\OC)C(CNC(=O)c1ccc(Cl)s1)c1cccs1. The molecule has 1 amide bonds. The number of hydrogen-bond acceptors (Lipinski definition) is 4. The van der Waals surface area contributed by atoms with Gasteiger partial charge in [0.1, 0.15) is 5.76 Å². The summed E-state index contributed by atoms with van der Waals surface area (Å²) >= 11 is 8.78. The molecule has 3 nitrogen and oxygen atoms in total. The van der Waals surface area contributed by atoms with E-state index in [2.05, 4.69) is 5.32 Å². The first-order chi connectivity index (χ1) is 10.2. The van der Waals surface area contributed by atoms with Crippen molar-refractivity contribution in [3.05, 3.63) is 55.6 Å². The van der Waals surface area contributed by atoms with Crippen molar-refractivity contribution in [3.63, 3.8) is 0 Å². The van der Waals surface area contributed by atoms with Crippen LogP contribution in [-0.2, 0) is 4.74 Å². The average Bonchev–Trinajstić information content (AvgIpc) is 3.14. The van der Waals surface area contributed by atoms with Gasteiger partial charge >= 0.3 is 0 Å². The highest BCUT2D eigenvalue weighted by atomic mass is 35.5. The van der Waals surface area contributed by atoms with Crippen LogP contribution >= 0.6 is 34.3 Å². The third kappa shape index (κ3) is 4.09. The number of nitrogens with one attached hydrogen (secondary N) is 1. The van der Waals surface area contributed by atoms with Crippen LogP contribution in [0.1, 0.15) is 27.4 Å². The van der Waals surface area contributed by atoms with E-state index in [0.29, 0.717) is 15.8 Å². The second-order valence-electron chi connectivity index (χ2n) is 4.28. The van der Waals surface area contributed by atoms with Crippen LogP contribution in [0.4, 0.5) is 0 Å². The Morgan fingerprint density at radius 2 is 2.29 bits per heavy atom. The van der Waals surface area contributed by atoms with E-state index < -0.39 is 0 Å². The summed E-state index contributed by atoms with van der Waals surface area (Å²) in [6.07, 6.45) is 1.93. The molecule has 21 heavy (non-hydrogen) atoms. The second-order valence-corrected chi connectivity index (χ2v) is 6.97. The molecule has 1 N–H and O–H groups in total. The molecular weight excluding hydrogens is 326 g/mol. The Kier molecular flexibility index (Phi) is 5.85. The fourth-order valence-corrected chi connectivity index (χ4v) is 3.81. The van der Waals surface area contributed by atoms with Crippen molar-refractivity contribution >= 4 is 40.2 Å². The molecule has 0 fully saturated rings. The van der Waals surface area contributed by atoms with Gasteiger partial charge < -0.3 is 10.1 Å². The zero-order valence-corrected chi connectivity index (χ0v) is 14.1. The number of carbonyl (C=O) groups is 1. The minimum absolute atomic E-state index is 0.0272. The number of ether oxygens (including phenoxy) is 1. The number of rotatable bonds is 6. The Bertz CT molecular complexity index is 619. The molecule has 0 saturated carbocycles. The first-order valence-corrected chi connectivity index (χ1v) is 8.50. The molecule has 2 rings (SSSR count). The molecule has 112 valence electrons. The molecule has 6 heteroatoms. The zero-order valence-electron chi connectivity index (χ0n) is 11.8. The predicted molar refractivity (Wildman–Crippen MR) is 89.5 cm³/mol. The molecule has 0 radical (unpaired) electrons. The van der Waals surface area contributed by atoms with Gasteiger partial charge in [0.25, 0.3) is 5.91 Å². The summed E-state index contributed by atoms with van der Waals surface area (Å²) in [5.74, 6) is 0.765. The average molecular weight is 342 g/mol. The van der Waals surface area contributed by atoms with Crippen LogP contribution in [0.2, 0.25) is 4.34 Å². The highest BCUT2D eigenvalue weighted by Crippen LogP contribution is 2.28. The molecule has 0 aromatic carbocycles. The molecule has 2 aromatic heterocycles. The maximum atomic E-state index is 12.1. The number of halogens is 1. The smallest absolute Gasteiger partial charge is 0.261 e. The second kappa shape index (κ2) is 7.64. The van der Waals surface area contributed by atoms with Gasteiger partial charge in [-0.1, -0.05) is 17.7 Å². The zero-order chi connectivity index (χ0) is 15.2. The van der Waals surface area contributed by atoms with Gasteiger partial charge in [-0.15, -0.1) is 22.7 Å². The van der Waals surface area contributed by atoms with Crippen molar-refractivity contribution in [2.24, 2.45) is 0 Å². The molecule has 0 aliphatic rings. The third-order valence-electron chi connectivity index (χ3n) is 3.01. The quantitative estimate of drug-likeness (QED) is 0.784. The number of amides is 1. The van der Waals surface area contributed by atoms with Crippen molar-refractivity contribution in [1.29, 1.82) is 0 Å². The van der Waals surface area contributed by atoms with Crippen LogP contribution in [0.15, 0.2) is 41.5 Å². The summed E-state index contributed by atoms with van der Waals surface area (Å²) in [6, 6.07) is 7.50. The molecule has 1 unspecified atom stereocenters. The van der Waals surface area contributed by atoms with Crippen molar-refractivity contribution in [1.82, 2.24) is 5.32 Å². The van der Waals surface area contributed by atoms with E-state index in [1.54, 1.807) is 30.6 Å². The van der Waals surface area contributed by atoms with Crippen molar-refractivity contribution in [2.75, 3.05) is 13.7 Å². The van der Waals surface area contributed by atoms with Gasteiger partial charge in [0, 0.05) is 11.4 Å². The molecule has 2 aromatic rings. The Morgan fingerprint density at radius 3 is 2.81 bits per heavy atom. The van der Waals surface area contributed by atoms with Crippen molar-refractivity contribution < 1.29 is 9.53 Å². The van der Waals surface area contributed by atoms with Gasteiger partial charge in [-0.3, -0.25) is 4.79 Å². The number of hydrogen-bond donors (Lipinski definition) is 1. The Labute approximate surface area is 137 Å². The lowest BCUT2D eigenvalue weighted by Crippen LogP contribution is -2.28. The molecule has 0 aliphatic heterocycles. The van der Waals surface area contributed by atoms with Gasteiger partial charge in [-0.2, -0.15) is 0 Å². The molecule has 1 atom stereocenters. The molecular formula is C15H16ClNO2S2. The predicted octanol–water partition coefficient (Wildman–Crippen LogP) is 4.53. The van der Waals surface area contributed by atoms with E-state index in [-0.39, 0.29) is 11.8 Å². The summed E-state index contributed by atoms with van der Waals surface area (Å²) in [7, 11) is 1.65. The van der Waals surface area contributed by atoms with Crippen LogP contribution in [0.25, 0.3) is 0 Å². The maximum Gasteiger partial charge on any atom is 0.261 e. The number of methoxy groups -OCH3 is 1. The monoisotopic (exact) mass is 341 g/mol. The van der Waals surface area contributed by atoms with Crippen LogP contribution in [-0.4, -0.2) is 19.6 Å². The van der Waals surface area contributed by atoms with E-state index in [9.17, 15) is 4.79 Å². The van der Waals surface area contributed by atoms with E-state index in [0.717, 1.165) is 10.6 Å². The minimum Gasteiger partial charge on any atom is -0.501 e. The fourth-order valence-electron chi connectivity index (χ4n) is 2.01. The molecule has 0 spiro atoms. The van der Waals surface area contributed by atoms with E-state index >= 15 is 0 Å². The molecule has 2 heterocycles. The van der Waals surface area contributed by atoms with Crippen LogP contribution in [0, 0.1) is 0 Å². The fraction of sp³-hybridized carbons (Fsp3) is 0.267. The molecule has 0 bridgehead atoms. The van der Waals surface area contributed by atoms with Crippen LogP contribution in [0.5, 0.6) is 0 Å². The maximum absolute atomic E-state index is 12.1. The summed E-state index contributed by atoms with van der Waals surface area (Å²) in [5, 5.41) is 4.97. The minimum atomic E-state index is -0.111. The highest BCUT2D eigenvalue weighted by Gasteiger charge is 2.20. The lowest BCUT2D eigenvalue weighted by atomic mass is 10.0. The summed E-state index contributed by atoms with van der Waals surface area (Å²) < 4.78 is 6.04. The number of allylic oxidation sites excluding steroid dienone is 1. The van der Waals surface area contributed by atoms with Gasteiger partial charge in [0.05, 0.1) is 22.2 Å². The molecule has 0 aliphatic carbocycles. The van der Waals surface area contributed by atoms with Crippen molar-refractivity contribution in [3.8, 4) is 0 Å². The van der Waals surface area contributed by atoms with E-state index in [4.69, 9.17) is 16.3 Å². The van der Waals surface area contributed by atoms with Crippen LogP contribution in [0.3, 0.4) is 0 Å². The lowest BCUT2D eigenvalue weighted by Gasteiger charge is -2.18. The lowest BCUT2D eigenvalue weighted by molar-refractivity contribution is 0.0954. The summed E-state index contributed by atoms with van der Waals surface area (Å²) in [4.78, 5) is 13.9. The van der Waals surface area contributed by atoms with E-state index in [1.165, 1.54) is 11.3 Å². The first-order valence-electron chi connectivity index (χ1n) is 6.42. The van der Waals surface area contributed by atoms with Gasteiger partial charge in [-0.05, 0) is 36.6 Å². The standard InChI is InChI=1S/C15H16ClNO2S2/c1-3-11(19-2)10(12-5-4-8-20-12)9-17-15(18)13-6-7-14(16)21-13/h3-8,10H,9H2,1-2H3,(H,17,18)/b11-3-. The van der Waals surface area contributed by atoms with E-state index in [1.807, 2.05) is 30.5 Å². The van der Waals surface area contributed by atoms with Gasteiger partial charge in [-0.25, -0.2) is 0 Å². The number of carbonyl (C=O) groups excluding carboxylic acids is 1. The largest absolute Gasteiger partial charge is 0.501 e. The summed E-state index contributed by atoms with van der Waals surface area (Å²) in [6.45, 7) is 2.42. The molecule has 0 saturated heterocycles.